The van der Waals surface area contributed by atoms with Crippen LogP contribution in [0.4, 0.5) is 5.69 Å². The van der Waals surface area contributed by atoms with Gasteiger partial charge in [0.1, 0.15) is 0 Å². The van der Waals surface area contributed by atoms with E-state index < -0.39 is 0 Å². The minimum Gasteiger partial charge on any atom is -0.463 e. The number of fused-ring (bicyclic) bond motifs is 1. The summed E-state index contributed by atoms with van der Waals surface area (Å²) in [4.78, 5) is 27.4. The minimum absolute atomic E-state index is 0.179. The third-order valence-electron chi connectivity index (χ3n) is 5.08. The van der Waals surface area contributed by atoms with Gasteiger partial charge in [-0.25, -0.2) is 4.79 Å². The molecule has 0 radical (unpaired) electrons. The van der Waals surface area contributed by atoms with Crippen molar-refractivity contribution in [2.75, 3.05) is 31.1 Å². The molecule has 134 valence electrons. The molecule has 2 aliphatic heterocycles. The third kappa shape index (κ3) is 4.03. The highest BCUT2D eigenvalue weighted by Crippen LogP contribution is 2.33. The Bertz CT molecular complexity index is 676. The second kappa shape index (κ2) is 7.72. The smallest absolute Gasteiger partial charge is 0.330 e. The van der Waals surface area contributed by atoms with Crippen LogP contribution in [0.1, 0.15) is 37.8 Å². The molecular formula is C20H26N2O3. The molecule has 0 atom stereocenters. The Hall–Kier alpha value is -2.30. The molecule has 0 spiro atoms. The van der Waals surface area contributed by atoms with Crippen LogP contribution in [-0.2, 0) is 20.7 Å². The van der Waals surface area contributed by atoms with Gasteiger partial charge < -0.3 is 14.5 Å². The molecule has 1 aromatic rings. The van der Waals surface area contributed by atoms with Gasteiger partial charge in [0.25, 0.3) is 0 Å². The fraction of sp³-hybridized carbons (Fsp3) is 0.500. The highest BCUT2D eigenvalue weighted by molar-refractivity contribution is 5.87. The molecule has 2 heterocycles. The van der Waals surface area contributed by atoms with Crippen LogP contribution < -0.4 is 4.90 Å². The molecular weight excluding hydrogens is 316 g/mol. The summed E-state index contributed by atoms with van der Waals surface area (Å²) in [5.41, 5.74) is 3.66. The van der Waals surface area contributed by atoms with Crippen molar-refractivity contribution in [2.24, 2.45) is 0 Å². The second-order valence-corrected chi connectivity index (χ2v) is 6.65. The molecule has 0 saturated carbocycles. The van der Waals surface area contributed by atoms with Crippen LogP contribution in [0.25, 0.3) is 6.08 Å². The lowest BCUT2D eigenvalue weighted by Crippen LogP contribution is -2.45. The zero-order valence-corrected chi connectivity index (χ0v) is 15.0. The molecule has 0 bridgehead atoms. The number of nitrogens with zero attached hydrogens (tertiary/aromatic N) is 2. The monoisotopic (exact) mass is 342 g/mol. The van der Waals surface area contributed by atoms with Crippen LogP contribution in [0.15, 0.2) is 24.3 Å². The van der Waals surface area contributed by atoms with E-state index in [1.165, 1.54) is 17.3 Å². The van der Waals surface area contributed by atoms with E-state index >= 15 is 0 Å². The fourth-order valence-corrected chi connectivity index (χ4v) is 3.78. The summed E-state index contributed by atoms with van der Waals surface area (Å²) in [5.74, 6) is -0.125. The topological polar surface area (TPSA) is 49.9 Å². The van der Waals surface area contributed by atoms with Gasteiger partial charge in [-0.15, -0.1) is 0 Å². The Morgan fingerprint density at radius 3 is 2.68 bits per heavy atom. The lowest BCUT2D eigenvalue weighted by molar-refractivity contribution is -0.137. The molecule has 25 heavy (non-hydrogen) atoms. The molecule has 0 aromatic heterocycles. The average molecular weight is 342 g/mol. The van der Waals surface area contributed by atoms with E-state index in [0.29, 0.717) is 12.6 Å². The van der Waals surface area contributed by atoms with Gasteiger partial charge >= 0.3 is 5.97 Å². The maximum atomic E-state index is 11.5. The molecule has 0 N–H and O–H groups in total. The summed E-state index contributed by atoms with van der Waals surface area (Å²) in [6, 6.07) is 6.88. The molecule has 2 aliphatic rings. The van der Waals surface area contributed by atoms with Gasteiger partial charge in [0, 0.05) is 44.4 Å². The second-order valence-electron chi connectivity index (χ2n) is 6.65. The zero-order valence-electron chi connectivity index (χ0n) is 15.0. The number of benzene rings is 1. The molecule has 5 nitrogen and oxygen atoms in total. The molecule has 1 fully saturated rings. The van der Waals surface area contributed by atoms with Crippen molar-refractivity contribution in [1.82, 2.24) is 4.90 Å². The number of piperidine rings is 1. The van der Waals surface area contributed by atoms with Crippen molar-refractivity contribution in [1.29, 1.82) is 0 Å². The SMILES string of the molecule is CCOC(=O)/C=C/c1ccc2c(c1)CCN2C1CCN(C(C)=O)CC1. The van der Waals surface area contributed by atoms with Gasteiger partial charge in [-0.05, 0) is 55.5 Å². The van der Waals surface area contributed by atoms with E-state index in [1.54, 1.807) is 13.8 Å². The maximum Gasteiger partial charge on any atom is 0.330 e. The van der Waals surface area contributed by atoms with Crippen molar-refractivity contribution in [3.63, 3.8) is 0 Å². The number of amides is 1. The first kappa shape index (κ1) is 17.5. The molecule has 1 amide bonds. The largest absolute Gasteiger partial charge is 0.463 e. The van der Waals surface area contributed by atoms with E-state index in [1.807, 2.05) is 11.0 Å². The van der Waals surface area contributed by atoms with Crippen molar-refractivity contribution in [3.05, 3.63) is 35.4 Å². The first-order chi connectivity index (χ1) is 12.1. The zero-order chi connectivity index (χ0) is 17.8. The highest BCUT2D eigenvalue weighted by Gasteiger charge is 2.29. The van der Waals surface area contributed by atoms with Gasteiger partial charge in [0.15, 0.2) is 0 Å². The number of likely N-dealkylation sites (tertiary alicyclic amines) is 1. The predicted molar refractivity (Wildman–Crippen MR) is 98.4 cm³/mol. The van der Waals surface area contributed by atoms with Crippen LogP contribution in [0.2, 0.25) is 0 Å². The fourth-order valence-electron chi connectivity index (χ4n) is 3.78. The van der Waals surface area contributed by atoms with E-state index in [9.17, 15) is 9.59 Å². The normalized spacial score (nSPS) is 17.8. The number of esters is 1. The summed E-state index contributed by atoms with van der Waals surface area (Å²) in [6.07, 6.45) is 6.39. The molecule has 5 heteroatoms. The van der Waals surface area contributed by atoms with E-state index in [0.717, 1.165) is 44.5 Å². The van der Waals surface area contributed by atoms with Gasteiger partial charge in [-0.1, -0.05) is 6.07 Å². The summed E-state index contributed by atoms with van der Waals surface area (Å²) >= 11 is 0. The Balaban J connectivity index is 1.66. The first-order valence-electron chi connectivity index (χ1n) is 9.08. The van der Waals surface area contributed by atoms with E-state index in [-0.39, 0.29) is 11.9 Å². The minimum atomic E-state index is -0.304. The highest BCUT2D eigenvalue weighted by atomic mass is 16.5. The number of hydrogen-bond donors (Lipinski definition) is 0. The molecule has 1 saturated heterocycles. The molecule has 3 rings (SSSR count). The van der Waals surface area contributed by atoms with Crippen LogP contribution in [-0.4, -0.2) is 49.1 Å². The van der Waals surface area contributed by atoms with Crippen molar-refractivity contribution < 1.29 is 14.3 Å². The standard InChI is InChI=1S/C20H26N2O3/c1-3-25-20(24)7-5-16-4-6-19-17(14-16)8-13-22(19)18-9-11-21(12-10-18)15(2)23/h4-7,14,18H,3,8-13H2,1-2H3/b7-5+. The number of carbonyl (C=O) groups excluding carboxylic acids is 2. The summed E-state index contributed by atoms with van der Waals surface area (Å²) < 4.78 is 4.92. The average Bonchev–Trinajstić information content (AvgIpc) is 3.03. The Kier molecular flexibility index (Phi) is 5.41. The van der Waals surface area contributed by atoms with Crippen molar-refractivity contribution in [3.8, 4) is 0 Å². The quantitative estimate of drug-likeness (QED) is 0.623. The first-order valence-corrected chi connectivity index (χ1v) is 9.08. The van der Waals surface area contributed by atoms with Gasteiger partial charge in [0.2, 0.25) is 5.91 Å². The Morgan fingerprint density at radius 1 is 1.24 bits per heavy atom. The van der Waals surface area contributed by atoms with E-state index in [2.05, 4.69) is 23.1 Å². The lowest BCUT2D eigenvalue weighted by Gasteiger charge is -2.37. The van der Waals surface area contributed by atoms with Crippen LogP contribution in [0.5, 0.6) is 0 Å². The number of anilines is 1. The van der Waals surface area contributed by atoms with Gasteiger partial charge in [-0.2, -0.15) is 0 Å². The Morgan fingerprint density at radius 2 is 2.00 bits per heavy atom. The van der Waals surface area contributed by atoms with Crippen LogP contribution >= 0.6 is 0 Å². The number of ether oxygens (including phenoxy) is 1. The van der Waals surface area contributed by atoms with Crippen LogP contribution in [0.3, 0.4) is 0 Å². The van der Waals surface area contributed by atoms with Crippen LogP contribution in [0, 0.1) is 0 Å². The molecule has 1 aromatic carbocycles. The number of carbonyl (C=O) groups is 2. The lowest BCUT2D eigenvalue weighted by atomic mass is 10.0. The van der Waals surface area contributed by atoms with Gasteiger partial charge in [0.05, 0.1) is 6.61 Å². The Labute approximate surface area is 149 Å². The summed E-state index contributed by atoms with van der Waals surface area (Å²) in [5, 5.41) is 0. The summed E-state index contributed by atoms with van der Waals surface area (Å²) in [7, 11) is 0. The van der Waals surface area contributed by atoms with E-state index in [4.69, 9.17) is 4.74 Å². The van der Waals surface area contributed by atoms with Gasteiger partial charge in [-0.3, -0.25) is 4.79 Å². The van der Waals surface area contributed by atoms with Crippen molar-refractivity contribution >= 4 is 23.6 Å². The maximum absolute atomic E-state index is 11.5. The predicted octanol–water partition coefficient (Wildman–Crippen LogP) is 2.64. The molecule has 0 aliphatic carbocycles. The number of hydrogen-bond acceptors (Lipinski definition) is 4. The van der Waals surface area contributed by atoms with Crippen molar-refractivity contribution in [2.45, 2.75) is 39.2 Å². The summed E-state index contributed by atoms with van der Waals surface area (Å²) in [6.45, 7) is 6.59. The molecule has 0 unspecified atom stereocenters. The number of rotatable bonds is 4. The third-order valence-corrected chi connectivity index (χ3v) is 5.08.